The van der Waals surface area contributed by atoms with E-state index in [4.69, 9.17) is 15.2 Å². The molecule has 1 heterocycles. The molecule has 0 aliphatic carbocycles. The van der Waals surface area contributed by atoms with Crippen LogP contribution >= 0.6 is 12.4 Å². The zero-order chi connectivity index (χ0) is 14.2. The first-order chi connectivity index (χ1) is 9.83. The lowest BCUT2D eigenvalue weighted by atomic mass is 10.1. The predicted molar refractivity (Wildman–Crippen MR) is 86.0 cm³/mol. The summed E-state index contributed by atoms with van der Waals surface area (Å²) in [7, 11) is 1.66. The standard InChI is InChI=1S/C15H21N3O2.ClH/c1-19-9-10-20-15-5-3-13(4-6-15)14-11-17-18(12-14)8-2-7-16;/h3-6,11-12H,2,7-10,16H2,1H3;1H. The highest BCUT2D eigenvalue weighted by Gasteiger charge is 2.02. The third-order valence-electron chi connectivity index (χ3n) is 2.97. The van der Waals surface area contributed by atoms with Crippen molar-refractivity contribution in [2.45, 2.75) is 13.0 Å². The van der Waals surface area contributed by atoms with Crippen molar-refractivity contribution in [2.75, 3.05) is 26.9 Å². The Bertz CT molecular complexity index is 514. The van der Waals surface area contributed by atoms with Crippen molar-refractivity contribution >= 4 is 12.4 Å². The van der Waals surface area contributed by atoms with Gasteiger partial charge >= 0.3 is 0 Å². The fourth-order valence-electron chi connectivity index (χ4n) is 1.87. The summed E-state index contributed by atoms with van der Waals surface area (Å²) in [5, 5.41) is 4.33. The van der Waals surface area contributed by atoms with Crippen LogP contribution in [-0.4, -0.2) is 36.6 Å². The van der Waals surface area contributed by atoms with Crippen LogP contribution < -0.4 is 10.5 Å². The zero-order valence-corrected chi connectivity index (χ0v) is 13.0. The second-order valence-corrected chi connectivity index (χ2v) is 4.50. The van der Waals surface area contributed by atoms with Crippen LogP contribution in [0, 0.1) is 0 Å². The van der Waals surface area contributed by atoms with Crippen molar-refractivity contribution in [3.63, 3.8) is 0 Å². The molecule has 0 aliphatic rings. The number of rotatable bonds is 8. The van der Waals surface area contributed by atoms with Crippen LogP contribution in [0.5, 0.6) is 5.75 Å². The van der Waals surface area contributed by atoms with E-state index in [9.17, 15) is 0 Å². The van der Waals surface area contributed by atoms with E-state index >= 15 is 0 Å². The SMILES string of the molecule is COCCOc1ccc(-c2cnn(CCCN)c2)cc1.Cl. The molecule has 0 fully saturated rings. The van der Waals surface area contributed by atoms with Gasteiger partial charge < -0.3 is 15.2 Å². The third kappa shape index (κ3) is 5.38. The Morgan fingerprint density at radius 1 is 1.14 bits per heavy atom. The van der Waals surface area contributed by atoms with Crippen LogP contribution in [0.2, 0.25) is 0 Å². The van der Waals surface area contributed by atoms with Gasteiger partial charge in [0.1, 0.15) is 12.4 Å². The smallest absolute Gasteiger partial charge is 0.119 e. The van der Waals surface area contributed by atoms with Crippen LogP contribution in [0.25, 0.3) is 11.1 Å². The van der Waals surface area contributed by atoms with Crippen molar-refractivity contribution in [2.24, 2.45) is 5.73 Å². The molecule has 116 valence electrons. The quantitative estimate of drug-likeness (QED) is 0.760. The summed E-state index contributed by atoms with van der Waals surface area (Å²) in [5.41, 5.74) is 7.73. The predicted octanol–water partition coefficient (Wildman–Crippen LogP) is 2.35. The summed E-state index contributed by atoms with van der Waals surface area (Å²) in [6.45, 7) is 2.69. The average molecular weight is 312 g/mol. The van der Waals surface area contributed by atoms with Gasteiger partial charge in [0.25, 0.3) is 0 Å². The molecule has 0 saturated carbocycles. The number of methoxy groups -OCH3 is 1. The number of halogens is 1. The van der Waals surface area contributed by atoms with E-state index in [2.05, 4.69) is 5.10 Å². The Kier molecular flexibility index (Phi) is 7.82. The summed E-state index contributed by atoms with van der Waals surface area (Å²) < 4.78 is 12.4. The van der Waals surface area contributed by atoms with Gasteiger partial charge in [-0.3, -0.25) is 4.68 Å². The molecule has 2 rings (SSSR count). The normalized spacial score (nSPS) is 10.2. The number of aromatic nitrogens is 2. The van der Waals surface area contributed by atoms with Crippen LogP contribution in [0.15, 0.2) is 36.7 Å². The monoisotopic (exact) mass is 311 g/mol. The summed E-state index contributed by atoms with van der Waals surface area (Å²) in [6, 6.07) is 7.99. The number of benzene rings is 1. The number of ether oxygens (including phenoxy) is 2. The fourth-order valence-corrected chi connectivity index (χ4v) is 1.87. The summed E-state index contributed by atoms with van der Waals surface area (Å²) in [4.78, 5) is 0. The molecule has 0 saturated heterocycles. The van der Waals surface area contributed by atoms with Gasteiger partial charge in [0, 0.05) is 25.4 Å². The summed E-state index contributed by atoms with van der Waals surface area (Å²) >= 11 is 0. The lowest BCUT2D eigenvalue weighted by molar-refractivity contribution is 0.146. The van der Waals surface area contributed by atoms with Gasteiger partial charge in [-0.15, -0.1) is 12.4 Å². The minimum atomic E-state index is 0. The van der Waals surface area contributed by atoms with E-state index in [0.29, 0.717) is 19.8 Å². The molecule has 2 aromatic rings. The average Bonchev–Trinajstić information content (AvgIpc) is 2.95. The van der Waals surface area contributed by atoms with Gasteiger partial charge in [0.05, 0.1) is 12.8 Å². The molecular formula is C15H22ClN3O2. The first kappa shape index (κ1) is 17.5. The van der Waals surface area contributed by atoms with Gasteiger partial charge in [0.15, 0.2) is 0 Å². The molecule has 0 aliphatic heterocycles. The number of aryl methyl sites for hydroxylation is 1. The van der Waals surface area contributed by atoms with Crippen LogP contribution in [-0.2, 0) is 11.3 Å². The maximum Gasteiger partial charge on any atom is 0.119 e. The number of hydrogen-bond donors (Lipinski definition) is 1. The maximum absolute atomic E-state index is 5.54. The van der Waals surface area contributed by atoms with Crippen molar-refractivity contribution in [3.8, 4) is 16.9 Å². The Morgan fingerprint density at radius 3 is 2.57 bits per heavy atom. The molecule has 0 atom stereocenters. The van der Waals surface area contributed by atoms with Crippen molar-refractivity contribution < 1.29 is 9.47 Å². The van der Waals surface area contributed by atoms with Gasteiger partial charge in [0.2, 0.25) is 0 Å². The third-order valence-corrected chi connectivity index (χ3v) is 2.97. The van der Waals surface area contributed by atoms with Gasteiger partial charge in [-0.1, -0.05) is 12.1 Å². The van der Waals surface area contributed by atoms with E-state index < -0.39 is 0 Å². The Morgan fingerprint density at radius 2 is 1.90 bits per heavy atom. The Balaban J connectivity index is 0.00000220. The van der Waals surface area contributed by atoms with Gasteiger partial charge in [-0.2, -0.15) is 5.10 Å². The molecule has 1 aromatic heterocycles. The molecule has 0 unspecified atom stereocenters. The summed E-state index contributed by atoms with van der Waals surface area (Å²) in [5.74, 6) is 0.848. The minimum Gasteiger partial charge on any atom is -0.491 e. The second kappa shape index (κ2) is 9.39. The fraction of sp³-hybridized carbons (Fsp3) is 0.400. The molecule has 0 bridgehead atoms. The molecule has 21 heavy (non-hydrogen) atoms. The largest absolute Gasteiger partial charge is 0.491 e. The van der Waals surface area contributed by atoms with E-state index in [0.717, 1.165) is 29.8 Å². The molecular weight excluding hydrogens is 290 g/mol. The molecule has 6 heteroatoms. The Hall–Kier alpha value is -1.56. The van der Waals surface area contributed by atoms with Crippen molar-refractivity contribution in [1.29, 1.82) is 0 Å². The lowest BCUT2D eigenvalue weighted by Gasteiger charge is -2.05. The van der Waals surface area contributed by atoms with E-state index in [1.807, 2.05) is 41.3 Å². The zero-order valence-electron chi connectivity index (χ0n) is 12.2. The molecule has 1 aromatic carbocycles. The first-order valence-corrected chi connectivity index (χ1v) is 6.78. The van der Waals surface area contributed by atoms with E-state index in [1.54, 1.807) is 7.11 Å². The highest BCUT2D eigenvalue weighted by Crippen LogP contribution is 2.21. The van der Waals surface area contributed by atoms with Crippen LogP contribution in [0.1, 0.15) is 6.42 Å². The molecule has 0 amide bonds. The topological polar surface area (TPSA) is 62.3 Å². The van der Waals surface area contributed by atoms with E-state index in [-0.39, 0.29) is 12.4 Å². The lowest BCUT2D eigenvalue weighted by Crippen LogP contribution is -2.05. The van der Waals surface area contributed by atoms with Gasteiger partial charge in [-0.05, 0) is 30.7 Å². The number of hydrogen-bond acceptors (Lipinski definition) is 4. The molecule has 0 spiro atoms. The van der Waals surface area contributed by atoms with Crippen LogP contribution in [0.3, 0.4) is 0 Å². The van der Waals surface area contributed by atoms with E-state index in [1.165, 1.54) is 0 Å². The highest BCUT2D eigenvalue weighted by atomic mass is 35.5. The Labute approximate surface area is 131 Å². The molecule has 0 radical (unpaired) electrons. The molecule has 5 nitrogen and oxygen atoms in total. The second-order valence-electron chi connectivity index (χ2n) is 4.50. The number of nitrogens with zero attached hydrogens (tertiary/aromatic N) is 2. The molecule has 2 N–H and O–H groups in total. The summed E-state index contributed by atoms with van der Waals surface area (Å²) in [6.07, 6.45) is 4.85. The first-order valence-electron chi connectivity index (χ1n) is 6.78. The maximum atomic E-state index is 5.54. The van der Waals surface area contributed by atoms with Gasteiger partial charge in [-0.25, -0.2) is 0 Å². The van der Waals surface area contributed by atoms with Crippen molar-refractivity contribution in [3.05, 3.63) is 36.7 Å². The highest BCUT2D eigenvalue weighted by molar-refractivity contribution is 5.85. The number of nitrogens with two attached hydrogens (primary N) is 1. The van der Waals surface area contributed by atoms with Crippen LogP contribution in [0.4, 0.5) is 0 Å². The minimum absolute atomic E-state index is 0. The van der Waals surface area contributed by atoms with Crippen molar-refractivity contribution in [1.82, 2.24) is 9.78 Å².